The van der Waals surface area contributed by atoms with Gasteiger partial charge in [0.25, 0.3) is 0 Å². The molecule has 1 unspecified atom stereocenters. The number of benzene rings is 1. The molecule has 0 fully saturated rings. The molecule has 0 saturated heterocycles. The highest BCUT2D eigenvalue weighted by Gasteiger charge is 2.22. The van der Waals surface area contributed by atoms with Crippen molar-refractivity contribution in [2.24, 2.45) is 0 Å². The van der Waals surface area contributed by atoms with Crippen molar-refractivity contribution in [1.82, 2.24) is 5.32 Å². The molecule has 1 aliphatic rings. The molecular weight excluding hydrogens is 240 g/mol. The third-order valence-corrected chi connectivity index (χ3v) is 4.06. The number of nitrogens with one attached hydrogen (secondary N) is 1. The van der Waals surface area contributed by atoms with E-state index in [0.717, 1.165) is 30.7 Å². The third kappa shape index (κ3) is 2.80. The summed E-state index contributed by atoms with van der Waals surface area (Å²) in [4.78, 5) is 0. The van der Waals surface area contributed by atoms with Gasteiger partial charge in [0.15, 0.2) is 11.6 Å². The number of thioether (sulfide) groups is 1. The second-order valence-corrected chi connectivity index (χ2v) is 5.38. The molecule has 17 heavy (non-hydrogen) atoms. The highest BCUT2D eigenvalue weighted by Crippen LogP contribution is 2.32. The first-order valence-electron chi connectivity index (χ1n) is 6.02. The van der Waals surface area contributed by atoms with E-state index in [-0.39, 0.29) is 6.04 Å². The van der Waals surface area contributed by atoms with Gasteiger partial charge in [-0.3, -0.25) is 0 Å². The third-order valence-electron chi connectivity index (χ3n) is 3.05. The van der Waals surface area contributed by atoms with Crippen LogP contribution in [0.1, 0.15) is 36.9 Å². The summed E-state index contributed by atoms with van der Waals surface area (Å²) in [6, 6.07) is 3.13. The largest absolute Gasteiger partial charge is 0.310 e. The molecule has 0 amide bonds. The summed E-state index contributed by atoms with van der Waals surface area (Å²) in [7, 11) is 0. The van der Waals surface area contributed by atoms with Gasteiger partial charge in [-0.1, -0.05) is 13.0 Å². The van der Waals surface area contributed by atoms with Crippen molar-refractivity contribution in [2.75, 3.05) is 12.3 Å². The summed E-state index contributed by atoms with van der Waals surface area (Å²) in [6.45, 7) is 3.01. The lowest BCUT2D eigenvalue weighted by molar-refractivity contribution is 0.485. The lowest BCUT2D eigenvalue weighted by Crippen LogP contribution is -2.23. The van der Waals surface area contributed by atoms with Crippen LogP contribution in [0.4, 0.5) is 8.78 Å². The molecule has 1 aliphatic heterocycles. The Balaban J connectivity index is 2.32. The summed E-state index contributed by atoms with van der Waals surface area (Å²) in [5.41, 5.74) is 1.48. The molecule has 1 aromatic rings. The van der Waals surface area contributed by atoms with Crippen LogP contribution in [0.2, 0.25) is 0 Å². The first-order chi connectivity index (χ1) is 8.24. The molecular formula is C13H17F2NS. The Hall–Kier alpha value is -0.610. The van der Waals surface area contributed by atoms with Crippen LogP contribution in [-0.4, -0.2) is 12.3 Å². The van der Waals surface area contributed by atoms with Crippen molar-refractivity contribution in [1.29, 1.82) is 0 Å². The smallest absolute Gasteiger partial charge is 0.163 e. The van der Waals surface area contributed by atoms with Crippen molar-refractivity contribution in [3.05, 3.63) is 34.9 Å². The Labute approximate surface area is 105 Å². The number of hydrogen-bond acceptors (Lipinski definition) is 2. The van der Waals surface area contributed by atoms with Crippen LogP contribution >= 0.6 is 11.8 Å². The standard InChI is InChI=1S/C13H17F2NS/c1-2-6-16-12-5-7-17-8-10-9(12)3-4-11(14)13(10)15/h3-4,12,16H,2,5-8H2,1H3. The maximum absolute atomic E-state index is 13.7. The lowest BCUT2D eigenvalue weighted by atomic mass is 9.98. The summed E-state index contributed by atoms with van der Waals surface area (Å²) in [5.74, 6) is 0.154. The minimum Gasteiger partial charge on any atom is -0.310 e. The topological polar surface area (TPSA) is 12.0 Å². The van der Waals surface area contributed by atoms with Crippen LogP contribution in [0.3, 0.4) is 0 Å². The second kappa shape index (κ2) is 5.83. The van der Waals surface area contributed by atoms with Gasteiger partial charge < -0.3 is 5.32 Å². The molecule has 4 heteroatoms. The number of hydrogen-bond donors (Lipinski definition) is 1. The monoisotopic (exact) mass is 257 g/mol. The Bertz CT molecular complexity index is 395. The molecule has 0 radical (unpaired) electrons. The minimum atomic E-state index is -0.736. The average molecular weight is 257 g/mol. The van der Waals surface area contributed by atoms with Crippen LogP contribution in [0, 0.1) is 11.6 Å². The van der Waals surface area contributed by atoms with Gasteiger partial charge in [-0.15, -0.1) is 0 Å². The minimum absolute atomic E-state index is 0.162. The van der Waals surface area contributed by atoms with E-state index in [2.05, 4.69) is 12.2 Å². The van der Waals surface area contributed by atoms with Crippen molar-refractivity contribution in [3.63, 3.8) is 0 Å². The van der Waals surface area contributed by atoms with Gasteiger partial charge >= 0.3 is 0 Å². The molecule has 0 aromatic heterocycles. The van der Waals surface area contributed by atoms with E-state index < -0.39 is 11.6 Å². The van der Waals surface area contributed by atoms with Gasteiger partial charge in [-0.25, -0.2) is 8.78 Å². The van der Waals surface area contributed by atoms with Gasteiger partial charge in [-0.05, 0) is 36.8 Å². The highest BCUT2D eigenvalue weighted by molar-refractivity contribution is 7.98. The van der Waals surface area contributed by atoms with Gasteiger partial charge in [0.05, 0.1) is 0 Å². The number of fused-ring (bicyclic) bond motifs is 1. The van der Waals surface area contributed by atoms with Gasteiger partial charge in [-0.2, -0.15) is 11.8 Å². The van der Waals surface area contributed by atoms with E-state index in [1.54, 1.807) is 17.8 Å². The van der Waals surface area contributed by atoms with E-state index in [9.17, 15) is 8.78 Å². The second-order valence-electron chi connectivity index (χ2n) is 4.28. The quantitative estimate of drug-likeness (QED) is 0.887. The SMILES string of the molecule is CCCNC1CCSCc2c1ccc(F)c2F. The van der Waals surface area contributed by atoms with Crippen molar-refractivity contribution < 1.29 is 8.78 Å². The predicted octanol–water partition coefficient (Wildman–Crippen LogP) is 3.64. The average Bonchev–Trinajstić information content (AvgIpc) is 2.54. The number of halogens is 2. The van der Waals surface area contributed by atoms with Crippen LogP contribution < -0.4 is 5.32 Å². The van der Waals surface area contributed by atoms with Crippen LogP contribution in [0.5, 0.6) is 0 Å². The normalized spacial score (nSPS) is 19.8. The van der Waals surface area contributed by atoms with Crippen molar-refractivity contribution in [3.8, 4) is 0 Å². The fourth-order valence-corrected chi connectivity index (χ4v) is 3.19. The summed E-state index contributed by atoms with van der Waals surface area (Å²) < 4.78 is 27.0. The molecule has 1 heterocycles. The maximum atomic E-state index is 13.7. The van der Waals surface area contributed by atoms with Gasteiger partial charge in [0.1, 0.15) is 0 Å². The molecule has 1 nitrogen and oxygen atoms in total. The van der Waals surface area contributed by atoms with Crippen molar-refractivity contribution >= 4 is 11.8 Å². The maximum Gasteiger partial charge on any atom is 0.163 e. The van der Waals surface area contributed by atoms with E-state index in [1.807, 2.05) is 0 Å². The summed E-state index contributed by atoms with van der Waals surface area (Å²) in [6.07, 6.45) is 2.02. The predicted molar refractivity (Wildman–Crippen MR) is 68.2 cm³/mol. The molecule has 0 aliphatic carbocycles. The Morgan fingerprint density at radius 3 is 3.00 bits per heavy atom. The van der Waals surface area contributed by atoms with Crippen LogP contribution in [0.25, 0.3) is 0 Å². The Morgan fingerprint density at radius 1 is 1.41 bits per heavy atom. The number of rotatable bonds is 3. The molecule has 1 aromatic carbocycles. The zero-order valence-electron chi connectivity index (χ0n) is 9.93. The van der Waals surface area contributed by atoms with E-state index in [4.69, 9.17) is 0 Å². The molecule has 94 valence electrons. The van der Waals surface area contributed by atoms with Gasteiger partial charge in [0, 0.05) is 17.4 Å². The van der Waals surface area contributed by atoms with E-state index >= 15 is 0 Å². The van der Waals surface area contributed by atoms with Crippen molar-refractivity contribution in [2.45, 2.75) is 31.6 Å². The summed E-state index contributed by atoms with van der Waals surface area (Å²) >= 11 is 1.67. The molecule has 0 spiro atoms. The molecule has 1 N–H and O–H groups in total. The fourth-order valence-electron chi connectivity index (χ4n) is 2.14. The zero-order valence-corrected chi connectivity index (χ0v) is 10.7. The van der Waals surface area contributed by atoms with Crippen LogP contribution in [0.15, 0.2) is 12.1 Å². The zero-order chi connectivity index (χ0) is 12.3. The first kappa shape index (κ1) is 12.8. The molecule has 0 bridgehead atoms. The fraction of sp³-hybridized carbons (Fsp3) is 0.538. The summed E-state index contributed by atoms with van der Waals surface area (Å²) in [5, 5.41) is 3.41. The van der Waals surface area contributed by atoms with Gasteiger partial charge in [0.2, 0.25) is 0 Å². The Kier molecular flexibility index (Phi) is 4.40. The highest BCUT2D eigenvalue weighted by atomic mass is 32.2. The molecule has 1 atom stereocenters. The van der Waals surface area contributed by atoms with E-state index in [1.165, 1.54) is 6.07 Å². The van der Waals surface area contributed by atoms with Crippen LogP contribution in [-0.2, 0) is 5.75 Å². The lowest BCUT2D eigenvalue weighted by Gasteiger charge is -2.19. The Morgan fingerprint density at radius 2 is 2.24 bits per heavy atom. The molecule has 2 rings (SSSR count). The molecule has 0 saturated carbocycles. The van der Waals surface area contributed by atoms with E-state index in [0.29, 0.717) is 11.3 Å². The first-order valence-corrected chi connectivity index (χ1v) is 7.17.